The number of carbonyl (C=O) groups excluding carboxylic acids is 2. The Morgan fingerprint density at radius 3 is 2.50 bits per heavy atom. The number of nitrogens with zero attached hydrogens (tertiary/aromatic N) is 2. The normalized spacial score (nSPS) is 18.6. The molecule has 1 atom stereocenters. The third kappa shape index (κ3) is 5.40. The molecule has 0 radical (unpaired) electrons. The van der Waals surface area contributed by atoms with Gasteiger partial charge in [-0.1, -0.05) is 13.8 Å². The lowest BCUT2D eigenvalue weighted by atomic mass is 9.79. The van der Waals surface area contributed by atoms with Crippen molar-refractivity contribution in [1.29, 1.82) is 0 Å². The van der Waals surface area contributed by atoms with Gasteiger partial charge in [0.1, 0.15) is 0 Å². The van der Waals surface area contributed by atoms with E-state index in [1.165, 1.54) is 24.3 Å². The van der Waals surface area contributed by atoms with Crippen LogP contribution < -0.4 is 11.1 Å². The number of carbonyl (C=O) groups is 2. The number of amides is 2. The van der Waals surface area contributed by atoms with Gasteiger partial charge >= 0.3 is 0 Å². The van der Waals surface area contributed by atoms with E-state index >= 15 is 0 Å². The third-order valence-electron chi connectivity index (χ3n) is 4.63. The van der Waals surface area contributed by atoms with Crippen molar-refractivity contribution in [3.8, 4) is 0 Å². The minimum absolute atomic E-state index is 0. The number of likely N-dealkylation sites (tertiary alicyclic amines) is 1. The van der Waals surface area contributed by atoms with Crippen LogP contribution in [0.5, 0.6) is 0 Å². The first-order valence-corrected chi connectivity index (χ1v) is 8.27. The van der Waals surface area contributed by atoms with Gasteiger partial charge in [-0.3, -0.25) is 19.7 Å². The summed E-state index contributed by atoms with van der Waals surface area (Å²) in [6.45, 7) is 5.57. The lowest BCUT2D eigenvalue weighted by molar-refractivity contribution is -0.384. The van der Waals surface area contributed by atoms with E-state index in [9.17, 15) is 19.7 Å². The summed E-state index contributed by atoms with van der Waals surface area (Å²) in [6, 6.07) is 5.42. The zero-order valence-corrected chi connectivity index (χ0v) is 15.8. The van der Waals surface area contributed by atoms with Crippen LogP contribution in [-0.4, -0.2) is 47.3 Å². The highest BCUT2D eigenvalue weighted by Gasteiger charge is 2.35. The molecule has 26 heavy (non-hydrogen) atoms. The number of hydrogen-bond acceptors (Lipinski definition) is 5. The summed E-state index contributed by atoms with van der Waals surface area (Å²) >= 11 is 0. The van der Waals surface area contributed by atoms with Crippen LogP contribution in [0.25, 0.3) is 0 Å². The zero-order valence-electron chi connectivity index (χ0n) is 14.9. The van der Waals surface area contributed by atoms with E-state index in [-0.39, 0.29) is 54.3 Å². The van der Waals surface area contributed by atoms with Crippen LogP contribution in [0.4, 0.5) is 5.69 Å². The minimum atomic E-state index is -0.521. The highest BCUT2D eigenvalue weighted by Crippen LogP contribution is 2.27. The molecule has 0 aromatic heterocycles. The largest absolute Gasteiger partial charge is 0.352 e. The molecule has 0 spiro atoms. The van der Waals surface area contributed by atoms with E-state index in [0.717, 1.165) is 6.42 Å². The van der Waals surface area contributed by atoms with Crippen molar-refractivity contribution in [2.75, 3.05) is 19.6 Å². The number of benzene rings is 1. The van der Waals surface area contributed by atoms with Crippen molar-refractivity contribution in [3.05, 3.63) is 39.9 Å². The van der Waals surface area contributed by atoms with Gasteiger partial charge in [0.15, 0.2) is 0 Å². The average Bonchev–Trinajstić information content (AvgIpc) is 2.57. The molecule has 1 aromatic rings. The summed E-state index contributed by atoms with van der Waals surface area (Å²) in [5, 5.41) is 13.3. The van der Waals surface area contributed by atoms with E-state index in [1.807, 2.05) is 13.8 Å². The Morgan fingerprint density at radius 2 is 1.96 bits per heavy atom. The number of hydrogen-bond donors (Lipinski definition) is 2. The minimum Gasteiger partial charge on any atom is -0.352 e. The summed E-state index contributed by atoms with van der Waals surface area (Å²) < 4.78 is 0. The molecule has 1 fully saturated rings. The van der Waals surface area contributed by atoms with Crippen LogP contribution in [0.15, 0.2) is 24.3 Å². The monoisotopic (exact) mass is 384 g/mol. The first-order chi connectivity index (χ1) is 11.7. The number of non-ortho nitro benzene ring substituents is 1. The lowest BCUT2D eigenvalue weighted by Crippen LogP contribution is -2.54. The second-order valence-corrected chi connectivity index (χ2v) is 7.01. The molecular weight excluding hydrogens is 360 g/mol. The van der Waals surface area contributed by atoms with Gasteiger partial charge in [0.05, 0.1) is 4.92 Å². The number of halogens is 1. The lowest BCUT2D eigenvalue weighted by Gasteiger charge is -2.42. The fourth-order valence-electron chi connectivity index (χ4n) is 2.86. The van der Waals surface area contributed by atoms with Crippen LogP contribution in [-0.2, 0) is 4.79 Å². The molecule has 1 heterocycles. The van der Waals surface area contributed by atoms with Crippen LogP contribution >= 0.6 is 12.4 Å². The molecule has 144 valence electrons. The quantitative estimate of drug-likeness (QED) is 0.591. The number of rotatable bonds is 5. The van der Waals surface area contributed by atoms with Crippen LogP contribution in [0, 0.1) is 15.5 Å². The van der Waals surface area contributed by atoms with Crippen molar-refractivity contribution in [2.24, 2.45) is 11.1 Å². The Bertz CT molecular complexity index is 663. The topological polar surface area (TPSA) is 119 Å². The summed E-state index contributed by atoms with van der Waals surface area (Å²) in [5.74, 6) is -0.368. The molecule has 1 aliphatic heterocycles. The number of nitrogens with two attached hydrogens (primary N) is 1. The summed E-state index contributed by atoms with van der Waals surface area (Å²) in [5.41, 5.74) is 6.21. The molecule has 0 bridgehead atoms. The van der Waals surface area contributed by atoms with Crippen LogP contribution in [0.2, 0.25) is 0 Å². The Morgan fingerprint density at radius 1 is 1.35 bits per heavy atom. The molecule has 0 aliphatic carbocycles. The van der Waals surface area contributed by atoms with Gasteiger partial charge in [0.2, 0.25) is 5.91 Å². The molecular formula is C17H25ClN4O4. The standard InChI is InChI=1S/C17H24N4O4.ClH/c1-17(2)11-20(10-8-14(17)18)15(22)7-9-19-16(23)12-3-5-13(6-4-12)21(24)25;/h3-6,14H,7-11,18H2,1-2H3,(H,19,23);1H. The smallest absolute Gasteiger partial charge is 0.269 e. The predicted octanol–water partition coefficient (Wildman–Crippen LogP) is 1.72. The highest BCUT2D eigenvalue weighted by atomic mass is 35.5. The molecule has 9 heteroatoms. The Balaban J connectivity index is 0.00000338. The fourth-order valence-corrected chi connectivity index (χ4v) is 2.86. The number of nitro groups is 1. The van der Waals surface area contributed by atoms with E-state index in [4.69, 9.17) is 5.73 Å². The summed E-state index contributed by atoms with van der Waals surface area (Å²) in [4.78, 5) is 36.2. The molecule has 1 aromatic carbocycles. The van der Waals surface area contributed by atoms with Gasteiger partial charge < -0.3 is 16.0 Å². The number of nitro benzene ring substituents is 1. The maximum atomic E-state index is 12.3. The Kier molecular flexibility index (Phi) is 7.53. The van der Waals surface area contributed by atoms with E-state index in [2.05, 4.69) is 5.32 Å². The fraction of sp³-hybridized carbons (Fsp3) is 0.529. The van der Waals surface area contributed by atoms with Crippen molar-refractivity contribution in [1.82, 2.24) is 10.2 Å². The van der Waals surface area contributed by atoms with E-state index < -0.39 is 4.92 Å². The first-order valence-electron chi connectivity index (χ1n) is 8.27. The second kappa shape index (κ2) is 8.95. The summed E-state index contributed by atoms with van der Waals surface area (Å²) in [7, 11) is 0. The maximum Gasteiger partial charge on any atom is 0.269 e. The number of nitrogens with one attached hydrogen (secondary N) is 1. The highest BCUT2D eigenvalue weighted by molar-refractivity contribution is 5.94. The second-order valence-electron chi connectivity index (χ2n) is 7.01. The zero-order chi connectivity index (χ0) is 18.6. The van der Waals surface area contributed by atoms with E-state index in [0.29, 0.717) is 18.7 Å². The molecule has 0 saturated carbocycles. The van der Waals surface area contributed by atoms with Gasteiger partial charge in [-0.15, -0.1) is 12.4 Å². The van der Waals surface area contributed by atoms with Gasteiger partial charge in [-0.25, -0.2) is 0 Å². The van der Waals surface area contributed by atoms with Gasteiger partial charge in [-0.2, -0.15) is 0 Å². The van der Waals surface area contributed by atoms with Crippen molar-refractivity contribution in [3.63, 3.8) is 0 Å². The molecule has 3 N–H and O–H groups in total. The van der Waals surface area contributed by atoms with Crippen molar-refractivity contribution >= 4 is 29.9 Å². The Labute approximate surface area is 158 Å². The molecule has 1 saturated heterocycles. The van der Waals surface area contributed by atoms with Crippen molar-refractivity contribution in [2.45, 2.75) is 32.7 Å². The molecule has 8 nitrogen and oxygen atoms in total. The molecule has 2 rings (SSSR count). The van der Waals surface area contributed by atoms with Gasteiger partial charge in [0.25, 0.3) is 11.6 Å². The third-order valence-corrected chi connectivity index (χ3v) is 4.63. The summed E-state index contributed by atoms with van der Waals surface area (Å²) in [6.07, 6.45) is 0.984. The maximum absolute atomic E-state index is 12.3. The number of piperidine rings is 1. The Hall–Kier alpha value is -2.19. The SMILES string of the molecule is CC1(C)CN(C(=O)CCNC(=O)c2ccc([N+](=O)[O-])cc2)CCC1N.Cl. The molecule has 1 aliphatic rings. The van der Waals surface area contributed by atoms with Crippen LogP contribution in [0.1, 0.15) is 37.0 Å². The predicted molar refractivity (Wildman–Crippen MR) is 100 cm³/mol. The van der Waals surface area contributed by atoms with Crippen molar-refractivity contribution < 1.29 is 14.5 Å². The average molecular weight is 385 g/mol. The molecule has 1 unspecified atom stereocenters. The first kappa shape index (κ1) is 21.9. The van der Waals surface area contributed by atoms with E-state index in [1.54, 1.807) is 4.90 Å². The molecule has 2 amide bonds. The van der Waals surface area contributed by atoms with Gasteiger partial charge in [-0.05, 0) is 24.0 Å². The van der Waals surface area contributed by atoms with Crippen LogP contribution in [0.3, 0.4) is 0 Å². The van der Waals surface area contributed by atoms with Gasteiger partial charge in [0, 0.05) is 49.8 Å².